The van der Waals surface area contributed by atoms with Crippen LogP contribution in [0, 0.1) is 0 Å². The van der Waals surface area contributed by atoms with Crippen LogP contribution in [0.25, 0.3) is 0 Å². The first-order valence-corrected chi connectivity index (χ1v) is 10.1. The minimum absolute atomic E-state index is 0.122. The molecule has 0 bridgehead atoms. The van der Waals surface area contributed by atoms with Gasteiger partial charge in [0.2, 0.25) is 10.0 Å². The molecule has 1 N–H and O–H groups in total. The molecule has 0 aromatic heterocycles. The van der Waals surface area contributed by atoms with E-state index in [4.69, 9.17) is 14.2 Å². The zero-order chi connectivity index (χ0) is 19.4. The average molecular weight is 392 g/mol. The molecule has 8 heteroatoms. The number of hydrogen-bond acceptors (Lipinski definition) is 6. The normalized spacial score (nSPS) is 14.8. The van der Waals surface area contributed by atoms with Crippen LogP contribution in [0.2, 0.25) is 0 Å². The molecular formula is C19H24N2O5S. The van der Waals surface area contributed by atoms with Crippen molar-refractivity contribution in [3.63, 3.8) is 0 Å². The van der Waals surface area contributed by atoms with Gasteiger partial charge in [0.15, 0.2) is 11.5 Å². The third-order valence-corrected chi connectivity index (χ3v) is 5.84. The van der Waals surface area contributed by atoms with Crippen LogP contribution in [-0.4, -0.2) is 54.3 Å². The van der Waals surface area contributed by atoms with Gasteiger partial charge in [-0.3, -0.25) is 0 Å². The highest BCUT2D eigenvalue weighted by molar-refractivity contribution is 7.89. The van der Waals surface area contributed by atoms with Gasteiger partial charge < -0.3 is 19.1 Å². The summed E-state index contributed by atoms with van der Waals surface area (Å²) in [6.07, 6.45) is 0. The monoisotopic (exact) mass is 392 g/mol. The highest BCUT2D eigenvalue weighted by atomic mass is 32.2. The molecule has 1 aliphatic rings. The predicted molar refractivity (Wildman–Crippen MR) is 102 cm³/mol. The Morgan fingerprint density at radius 1 is 1.07 bits per heavy atom. The van der Waals surface area contributed by atoms with Crippen molar-refractivity contribution in [3.8, 4) is 17.2 Å². The van der Waals surface area contributed by atoms with Crippen LogP contribution in [0.5, 0.6) is 17.2 Å². The van der Waals surface area contributed by atoms with E-state index in [0.717, 1.165) is 11.3 Å². The standard InChI is InChI=1S/C19H24N2O5S/c1-21(2)17(14-4-6-15(24-3)7-5-14)13-20-27(22,23)16-8-9-18-19(12-16)26-11-10-25-18/h4-9,12,17,20H,10-11,13H2,1-3H3. The zero-order valence-corrected chi connectivity index (χ0v) is 16.5. The molecule has 2 aromatic carbocycles. The lowest BCUT2D eigenvalue weighted by molar-refractivity contribution is 0.171. The molecule has 2 aromatic rings. The number of sulfonamides is 1. The molecule has 27 heavy (non-hydrogen) atoms. The molecule has 0 radical (unpaired) electrons. The summed E-state index contributed by atoms with van der Waals surface area (Å²) in [5, 5.41) is 0. The average Bonchev–Trinajstić information content (AvgIpc) is 2.68. The van der Waals surface area contributed by atoms with Crippen molar-refractivity contribution in [2.24, 2.45) is 0 Å². The Morgan fingerprint density at radius 3 is 2.37 bits per heavy atom. The second kappa shape index (κ2) is 8.16. The highest BCUT2D eigenvalue weighted by Gasteiger charge is 2.22. The molecule has 1 atom stereocenters. The van der Waals surface area contributed by atoms with Crippen LogP contribution in [0.3, 0.4) is 0 Å². The molecular weight excluding hydrogens is 368 g/mol. The smallest absolute Gasteiger partial charge is 0.240 e. The first kappa shape index (κ1) is 19.5. The van der Waals surface area contributed by atoms with E-state index in [1.807, 2.05) is 43.3 Å². The maximum absolute atomic E-state index is 12.7. The first-order valence-electron chi connectivity index (χ1n) is 8.60. The summed E-state index contributed by atoms with van der Waals surface area (Å²) in [4.78, 5) is 2.12. The van der Waals surface area contributed by atoms with Gasteiger partial charge in [0.05, 0.1) is 12.0 Å². The van der Waals surface area contributed by atoms with Crippen molar-refractivity contribution in [3.05, 3.63) is 48.0 Å². The topological polar surface area (TPSA) is 77.1 Å². The Hall–Kier alpha value is -2.29. The molecule has 1 unspecified atom stereocenters. The van der Waals surface area contributed by atoms with Crippen molar-refractivity contribution in [2.75, 3.05) is 41.0 Å². The molecule has 0 saturated carbocycles. The fourth-order valence-electron chi connectivity index (χ4n) is 2.89. The third-order valence-electron chi connectivity index (χ3n) is 4.41. The highest BCUT2D eigenvalue weighted by Crippen LogP contribution is 2.32. The Balaban J connectivity index is 1.75. The van der Waals surface area contributed by atoms with Crippen LogP contribution >= 0.6 is 0 Å². The van der Waals surface area contributed by atoms with Gasteiger partial charge in [0, 0.05) is 18.7 Å². The maximum atomic E-state index is 12.7. The van der Waals surface area contributed by atoms with E-state index in [1.54, 1.807) is 13.2 Å². The van der Waals surface area contributed by atoms with Crippen molar-refractivity contribution >= 4 is 10.0 Å². The maximum Gasteiger partial charge on any atom is 0.240 e. The molecule has 3 rings (SSSR count). The van der Waals surface area contributed by atoms with E-state index in [0.29, 0.717) is 24.7 Å². The number of hydrogen-bond donors (Lipinski definition) is 1. The zero-order valence-electron chi connectivity index (χ0n) is 15.6. The van der Waals surface area contributed by atoms with E-state index in [-0.39, 0.29) is 17.5 Å². The molecule has 0 aliphatic carbocycles. The Labute approximate surface area is 159 Å². The fraction of sp³-hybridized carbons (Fsp3) is 0.368. The Bertz CT molecular complexity index is 881. The van der Waals surface area contributed by atoms with Crippen LogP contribution in [0.15, 0.2) is 47.4 Å². The van der Waals surface area contributed by atoms with Crippen molar-refractivity contribution in [1.82, 2.24) is 9.62 Å². The summed E-state index contributed by atoms with van der Waals surface area (Å²) in [6.45, 7) is 1.10. The largest absolute Gasteiger partial charge is 0.497 e. The number of methoxy groups -OCH3 is 1. The van der Waals surface area contributed by atoms with Crippen LogP contribution in [-0.2, 0) is 10.0 Å². The van der Waals surface area contributed by atoms with Gasteiger partial charge in [-0.15, -0.1) is 0 Å². The Morgan fingerprint density at radius 2 is 1.74 bits per heavy atom. The lowest BCUT2D eigenvalue weighted by Crippen LogP contribution is -2.34. The van der Waals surface area contributed by atoms with E-state index in [9.17, 15) is 8.42 Å². The van der Waals surface area contributed by atoms with E-state index in [1.165, 1.54) is 12.1 Å². The van der Waals surface area contributed by atoms with Gasteiger partial charge in [-0.2, -0.15) is 0 Å². The number of benzene rings is 2. The molecule has 1 heterocycles. The van der Waals surface area contributed by atoms with E-state index < -0.39 is 10.0 Å². The molecule has 146 valence electrons. The van der Waals surface area contributed by atoms with Gasteiger partial charge in [-0.05, 0) is 43.9 Å². The Kier molecular flexibility index (Phi) is 5.88. The number of ether oxygens (including phenoxy) is 3. The minimum atomic E-state index is -3.68. The molecule has 0 amide bonds. The second-order valence-electron chi connectivity index (χ2n) is 6.41. The van der Waals surface area contributed by atoms with Crippen molar-refractivity contribution < 1.29 is 22.6 Å². The minimum Gasteiger partial charge on any atom is -0.497 e. The van der Waals surface area contributed by atoms with Crippen molar-refractivity contribution in [2.45, 2.75) is 10.9 Å². The second-order valence-corrected chi connectivity index (χ2v) is 8.18. The predicted octanol–water partition coefficient (Wildman–Crippen LogP) is 2.05. The van der Waals surface area contributed by atoms with Gasteiger partial charge in [0.25, 0.3) is 0 Å². The van der Waals surface area contributed by atoms with Crippen LogP contribution in [0.4, 0.5) is 0 Å². The van der Waals surface area contributed by atoms with Crippen molar-refractivity contribution in [1.29, 1.82) is 0 Å². The molecule has 1 aliphatic heterocycles. The quantitative estimate of drug-likeness (QED) is 0.777. The number of fused-ring (bicyclic) bond motifs is 1. The molecule has 7 nitrogen and oxygen atoms in total. The van der Waals surface area contributed by atoms with E-state index in [2.05, 4.69) is 4.72 Å². The summed E-state index contributed by atoms with van der Waals surface area (Å²) in [5.74, 6) is 1.76. The SMILES string of the molecule is COc1ccc(C(CNS(=O)(=O)c2ccc3c(c2)OCCO3)N(C)C)cc1. The molecule has 0 spiro atoms. The number of rotatable bonds is 7. The lowest BCUT2D eigenvalue weighted by atomic mass is 10.1. The first-order chi connectivity index (χ1) is 12.9. The summed E-state index contributed by atoms with van der Waals surface area (Å²) in [6, 6.07) is 12.1. The summed E-state index contributed by atoms with van der Waals surface area (Å²) < 4.78 is 44.3. The molecule has 0 saturated heterocycles. The summed E-state index contributed by atoms with van der Waals surface area (Å²) in [7, 11) is 1.75. The summed E-state index contributed by atoms with van der Waals surface area (Å²) in [5.41, 5.74) is 0.991. The lowest BCUT2D eigenvalue weighted by Gasteiger charge is -2.25. The molecule has 0 fully saturated rings. The fourth-order valence-corrected chi connectivity index (χ4v) is 3.94. The third kappa shape index (κ3) is 4.52. The van der Waals surface area contributed by atoms with E-state index >= 15 is 0 Å². The number of nitrogens with one attached hydrogen (secondary N) is 1. The van der Waals surface area contributed by atoms with Crippen LogP contribution in [0.1, 0.15) is 11.6 Å². The number of nitrogens with zero attached hydrogens (tertiary/aromatic N) is 1. The number of likely N-dealkylation sites (N-methyl/N-ethyl adjacent to an activating group) is 1. The van der Waals surface area contributed by atoms with Gasteiger partial charge in [0.1, 0.15) is 19.0 Å². The van der Waals surface area contributed by atoms with Gasteiger partial charge in [-0.1, -0.05) is 12.1 Å². The van der Waals surface area contributed by atoms with Gasteiger partial charge >= 0.3 is 0 Å². The van der Waals surface area contributed by atoms with Gasteiger partial charge in [-0.25, -0.2) is 13.1 Å². The van der Waals surface area contributed by atoms with Crippen LogP contribution < -0.4 is 18.9 Å². The summed E-state index contributed by atoms with van der Waals surface area (Å²) >= 11 is 0.